The lowest BCUT2D eigenvalue weighted by molar-refractivity contribution is 0.424. The van der Waals surface area contributed by atoms with E-state index in [1.54, 1.807) is 19.1 Å². The van der Waals surface area contributed by atoms with Gasteiger partial charge < -0.3 is 5.32 Å². The van der Waals surface area contributed by atoms with E-state index in [0.717, 1.165) is 19.4 Å². The second kappa shape index (κ2) is 7.79. The second-order valence-electron chi connectivity index (χ2n) is 5.64. The minimum Gasteiger partial charge on any atom is -0.314 e. The van der Waals surface area contributed by atoms with Gasteiger partial charge in [0.2, 0.25) is 0 Å². The SMILES string of the molecule is CCNC(Cc1ccc(S(=O)(=O)CC)cc1)CC(C)C. The maximum absolute atomic E-state index is 11.8. The average molecular weight is 297 g/mol. The highest BCUT2D eigenvalue weighted by molar-refractivity contribution is 7.91. The van der Waals surface area contributed by atoms with Crippen molar-refractivity contribution in [1.29, 1.82) is 0 Å². The van der Waals surface area contributed by atoms with Crippen molar-refractivity contribution in [2.45, 2.75) is 51.5 Å². The Kier molecular flexibility index (Phi) is 6.69. The Morgan fingerprint density at radius 3 is 2.15 bits per heavy atom. The van der Waals surface area contributed by atoms with Gasteiger partial charge in [-0.05, 0) is 43.0 Å². The quantitative estimate of drug-likeness (QED) is 0.802. The molecule has 0 saturated heterocycles. The van der Waals surface area contributed by atoms with Crippen molar-refractivity contribution in [3.63, 3.8) is 0 Å². The zero-order valence-electron chi connectivity index (χ0n) is 13.0. The molecule has 1 N–H and O–H groups in total. The number of benzene rings is 1. The van der Waals surface area contributed by atoms with Crippen LogP contribution in [0.3, 0.4) is 0 Å². The number of rotatable bonds is 8. The molecule has 1 rings (SSSR count). The normalized spacial score (nSPS) is 13.7. The molecule has 1 unspecified atom stereocenters. The fraction of sp³-hybridized carbons (Fsp3) is 0.625. The molecular weight excluding hydrogens is 270 g/mol. The van der Waals surface area contributed by atoms with E-state index in [9.17, 15) is 8.42 Å². The molecule has 0 aliphatic carbocycles. The van der Waals surface area contributed by atoms with Crippen LogP contribution in [0, 0.1) is 5.92 Å². The first kappa shape index (κ1) is 17.2. The molecule has 3 nitrogen and oxygen atoms in total. The summed E-state index contributed by atoms with van der Waals surface area (Å²) in [7, 11) is -3.09. The highest BCUT2D eigenvalue weighted by Crippen LogP contribution is 2.15. The first-order chi connectivity index (χ1) is 9.39. The van der Waals surface area contributed by atoms with Crippen molar-refractivity contribution in [3.05, 3.63) is 29.8 Å². The largest absolute Gasteiger partial charge is 0.314 e. The summed E-state index contributed by atoms with van der Waals surface area (Å²) in [5, 5.41) is 3.50. The highest BCUT2D eigenvalue weighted by Gasteiger charge is 2.13. The van der Waals surface area contributed by atoms with E-state index in [2.05, 4.69) is 26.1 Å². The summed E-state index contributed by atoms with van der Waals surface area (Å²) in [5.74, 6) is 0.804. The number of hydrogen-bond acceptors (Lipinski definition) is 3. The Bertz CT molecular complexity index is 492. The van der Waals surface area contributed by atoms with Crippen LogP contribution in [0.1, 0.15) is 39.7 Å². The lowest BCUT2D eigenvalue weighted by atomic mass is 9.97. The van der Waals surface area contributed by atoms with Gasteiger partial charge in [0.15, 0.2) is 9.84 Å². The lowest BCUT2D eigenvalue weighted by Crippen LogP contribution is -2.32. The molecule has 0 fully saturated rings. The highest BCUT2D eigenvalue weighted by atomic mass is 32.2. The Balaban J connectivity index is 2.77. The third-order valence-electron chi connectivity index (χ3n) is 3.39. The molecule has 0 saturated carbocycles. The predicted molar refractivity (Wildman–Crippen MR) is 84.8 cm³/mol. The molecule has 0 heterocycles. The molecule has 1 aromatic rings. The van der Waals surface area contributed by atoms with Crippen molar-refractivity contribution in [1.82, 2.24) is 5.32 Å². The van der Waals surface area contributed by atoms with Crippen molar-refractivity contribution >= 4 is 9.84 Å². The molecule has 0 aromatic heterocycles. The second-order valence-corrected chi connectivity index (χ2v) is 7.91. The van der Waals surface area contributed by atoms with Crippen LogP contribution in [0.5, 0.6) is 0 Å². The Morgan fingerprint density at radius 2 is 1.70 bits per heavy atom. The van der Waals surface area contributed by atoms with Crippen molar-refractivity contribution in [2.24, 2.45) is 5.92 Å². The molecule has 0 bridgehead atoms. The summed E-state index contributed by atoms with van der Waals surface area (Å²) in [6.45, 7) is 9.19. The van der Waals surface area contributed by atoms with Gasteiger partial charge in [0.1, 0.15) is 0 Å². The molecule has 114 valence electrons. The number of sulfone groups is 1. The fourth-order valence-electron chi connectivity index (χ4n) is 2.38. The minimum absolute atomic E-state index is 0.152. The van der Waals surface area contributed by atoms with E-state index in [0.29, 0.717) is 16.9 Å². The van der Waals surface area contributed by atoms with Crippen LogP contribution < -0.4 is 5.32 Å². The van der Waals surface area contributed by atoms with E-state index in [1.807, 2.05) is 12.1 Å². The van der Waals surface area contributed by atoms with Crippen molar-refractivity contribution < 1.29 is 8.42 Å². The maximum Gasteiger partial charge on any atom is 0.178 e. The molecule has 0 aliphatic rings. The van der Waals surface area contributed by atoms with E-state index in [-0.39, 0.29) is 5.75 Å². The average Bonchev–Trinajstić information content (AvgIpc) is 2.39. The van der Waals surface area contributed by atoms with Crippen LogP contribution in [0.2, 0.25) is 0 Å². The first-order valence-electron chi connectivity index (χ1n) is 7.44. The monoisotopic (exact) mass is 297 g/mol. The van der Waals surface area contributed by atoms with Crippen LogP contribution in [0.4, 0.5) is 0 Å². The minimum atomic E-state index is -3.09. The standard InChI is InChI=1S/C16H27NO2S/c1-5-17-15(11-13(3)4)12-14-7-9-16(10-8-14)20(18,19)6-2/h7-10,13,15,17H,5-6,11-12H2,1-4H3. The first-order valence-corrected chi connectivity index (χ1v) is 9.09. The van der Waals surface area contributed by atoms with E-state index < -0.39 is 9.84 Å². The third kappa shape index (κ3) is 5.25. The van der Waals surface area contributed by atoms with Crippen LogP contribution in [0.15, 0.2) is 29.2 Å². The number of likely N-dealkylation sites (N-methyl/N-ethyl adjacent to an activating group) is 1. The molecular formula is C16H27NO2S. The molecule has 0 aliphatic heterocycles. The van der Waals surface area contributed by atoms with Crippen LogP contribution in [-0.2, 0) is 16.3 Å². The zero-order valence-corrected chi connectivity index (χ0v) is 13.8. The zero-order chi connectivity index (χ0) is 15.2. The lowest BCUT2D eigenvalue weighted by Gasteiger charge is -2.20. The van der Waals surface area contributed by atoms with Gasteiger partial charge in [0.25, 0.3) is 0 Å². The van der Waals surface area contributed by atoms with Gasteiger partial charge in [-0.1, -0.05) is 39.8 Å². The Hall–Kier alpha value is -0.870. The fourth-order valence-corrected chi connectivity index (χ4v) is 3.26. The van der Waals surface area contributed by atoms with Gasteiger partial charge in [-0.15, -0.1) is 0 Å². The summed E-state index contributed by atoms with van der Waals surface area (Å²) < 4.78 is 23.5. The van der Waals surface area contributed by atoms with Crippen LogP contribution >= 0.6 is 0 Å². The molecule has 0 radical (unpaired) electrons. The van der Waals surface area contributed by atoms with E-state index in [1.165, 1.54) is 5.56 Å². The summed E-state index contributed by atoms with van der Waals surface area (Å²) in [6, 6.07) is 7.79. The smallest absolute Gasteiger partial charge is 0.178 e. The van der Waals surface area contributed by atoms with Gasteiger partial charge >= 0.3 is 0 Å². The number of nitrogens with one attached hydrogen (secondary N) is 1. The molecule has 20 heavy (non-hydrogen) atoms. The van der Waals surface area contributed by atoms with Crippen LogP contribution in [-0.4, -0.2) is 26.8 Å². The van der Waals surface area contributed by atoms with Gasteiger partial charge in [0, 0.05) is 6.04 Å². The Labute approximate surface area is 123 Å². The van der Waals surface area contributed by atoms with E-state index >= 15 is 0 Å². The molecule has 0 spiro atoms. The maximum atomic E-state index is 11.8. The van der Waals surface area contributed by atoms with Crippen molar-refractivity contribution in [3.8, 4) is 0 Å². The summed E-state index contributed by atoms with van der Waals surface area (Å²) in [4.78, 5) is 0.424. The molecule has 0 amide bonds. The summed E-state index contributed by atoms with van der Waals surface area (Å²) in [5.41, 5.74) is 1.19. The summed E-state index contributed by atoms with van der Waals surface area (Å²) in [6.07, 6.45) is 2.07. The molecule has 4 heteroatoms. The Morgan fingerprint density at radius 1 is 1.10 bits per heavy atom. The summed E-state index contributed by atoms with van der Waals surface area (Å²) >= 11 is 0. The van der Waals surface area contributed by atoms with Crippen LogP contribution in [0.25, 0.3) is 0 Å². The van der Waals surface area contributed by atoms with Gasteiger partial charge in [0.05, 0.1) is 10.6 Å². The van der Waals surface area contributed by atoms with E-state index in [4.69, 9.17) is 0 Å². The topological polar surface area (TPSA) is 46.2 Å². The van der Waals surface area contributed by atoms with Crippen molar-refractivity contribution in [2.75, 3.05) is 12.3 Å². The van der Waals surface area contributed by atoms with Gasteiger partial charge in [-0.3, -0.25) is 0 Å². The molecule has 1 atom stereocenters. The molecule has 1 aromatic carbocycles. The van der Waals surface area contributed by atoms with Gasteiger partial charge in [-0.25, -0.2) is 8.42 Å². The van der Waals surface area contributed by atoms with Gasteiger partial charge in [-0.2, -0.15) is 0 Å². The predicted octanol–water partition coefficient (Wildman–Crippen LogP) is 3.05. The number of hydrogen-bond donors (Lipinski definition) is 1. The third-order valence-corrected chi connectivity index (χ3v) is 5.14.